The van der Waals surface area contributed by atoms with Gasteiger partial charge in [-0.1, -0.05) is 12.1 Å². The molecule has 0 amide bonds. The predicted molar refractivity (Wildman–Crippen MR) is 52.4 cm³/mol. The first-order valence-electron chi connectivity index (χ1n) is 4.42. The van der Waals surface area contributed by atoms with Gasteiger partial charge in [-0.25, -0.2) is 0 Å². The van der Waals surface area contributed by atoms with E-state index in [-0.39, 0.29) is 35.7 Å². The second-order valence-electron chi connectivity index (χ2n) is 3.14. The molecule has 0 saturated heterocycles. The largest absolute Gasteiger partial charge is 0.507 e. The monoisotopic (exact) mass is 192 g/mol. The van der Waals surface area contributed by atoms with Crippen molar-refractivity contribution >= 4 is 11.6 Å². The van der Waals surface area contributed by atoms with Crippen molar-refractivity contribution in [2.45, 2.75) is 19.8 Å². The zero-order valence-electron chi connectivity index (χ0n) is 7.99. The Labute approximate surface area is 82.4 Å². The highest BCUT2D eigenvalue weighted by atomic mass is 16.3. The number of hydrogen-bond donors (Lipinski definition) is 1. The molecule has 74 valence electrons. The molecular formula is C11H12O3. The Morgan fingerprint density at radius 2 is 1.86 bits per heavy atom. The van der Waals surface area contributed by atoms with Gasteiger partial charge in [0.2, 0.25) is 0 Å². The molecule has 0 heterocycles. The minimum Gasteiger partial charge on any atom is -0.507 e. The fourth-order valence-corrected chi connectivity index (χ4v) is 1.13. The van der Waals surface area contributed by atoms with E-state index in [0.29, 0.717) is 0 Å². The van der Waals surface area contributed by atoms with Gasteiger partial charge in [0.1, 0.15) is 11.5 Å². The highest BCUT2D eigenvalue weighted by molar-refractivity contribution is 6.00. The summed E-state index contributed by atoms with van der Waals surface area (Å²) < 4.78 is 0. The Morgan fingerprint density at radius 1 is 1.21 bits per heavy atom. The molecule has 0 saturated carbocycles. The molecule has 0 unspecified atom stereocenters. The number of rotatable bonds is 4. The summed E-state index contributed by atoms with van der Waals surface area (Å²) in [4.78, 5) is 22.1. The molecule has 0 aliphatic heterocycles. The van der Waals surface area contributed by atoms with Crippen LogP contribution in [0.1, 0.15) is 30.1 Å². The predicted octanol–water partition coefficient (Wildman–Crippen LogP) is 1.94. The molecule has 1 aromatic rings. The Balaban J connectivity index is 2.70. The number of carbonyl (C=O) groups excluding carboxylic acids is 2. The number of para-hydroxylation sites is 1. The van der Waals surface area contributed by atoms with Crippen LogP contribution in [-0.2, 0) is 4.79 Å². The third-order valence-corrected chi connectivity index (χ3v) is 1.91. The first-order chi connectivity index (χ1) is 6.61. The van der Waals surface area contributed by atoms with Crippen LogP contribution in [0.25, 0.3) is 0 Å². The van der Waals surface area contributed by atoms with Crippen molar-refractivity contribution in [1.29, 1.82) is 0 Å². The molecule has 3 nitrogen and oxygen atoms in total. The fraction of sp³-hybridized carbons (Fsp3) is 0.273. The van der Waals surface area contributed by atoms with Crippen molar-refractivity contribution in [2.75, 3.05) is 0 Å². The summed E-state index contributed by atoms with van der Waals surface area (Å²) in [6.07, 6.45) is 0.389. The summed E-state index contributed by atoms with van der Waals surface area (Å²) in [7, 11) is 0. The van der Waals surface area contributed by atoms with Crippen LogP contribution < -0.4 is 0 Å². The van der Waals surface area contributed by atoms with Gasteiger partial charge < -0.3 is 9.90 Å². The van der Waals surface area contributed by atoms with E-state index in [4.69, 9.17) is 0 Å². The van der Waals surface area contributed by atoms with Gasteiger partial charge in [0, 0.05) is 12.8 Å². The quantitative estimate of drug-likeness (QED) is 0.742. The Bertz CT molecular complexity index is 355. The van der Waals surface area contributed by atoms with Gasteiger partial charge in [-0.3, -0.25) is 4.79 Å². The minimum atomic E-state index is -0.196. The third kappa shape index (κ3) is 2.69. The lowest BCUT2D eigenvalue weighted by atomic mass is 10.0. The van der Waals surface area contributed by atoms with Crippen molar-refractivity contribution in [3.8, 4) is 5.75 Å². The second kappa shape index (κ2) is 4.56. The lowest BCUT2D eigenvalue weighted by Gasteiger charge is -2.01. The van der Waals surface area contributed by atoms with Crippen molar-refractivity contribution in [3.63, 3.8) is 0 Å². The Kier molecular flexibility index (Phi) is 3.40. The number of carbonyl (C=O) groups is 2. The molecule has 0 radical (unpaired) electrons. The van der Waals surface area contributed by atoms with Crippen LogP contribution in [0.3, 0.4) is 0 Å². The number of Topliss-reactive ketones (excluding diaryl/α,β-unsaturated/α-hetero) is 2. The van der Waals surface area contributed by atoms with Crippen LogP contribution >= 0.6 is 0 Å². The SMILES string of the molecule is CC(=O)CCC(=O)c1ccccc1O. The summed E-state index contributed by atoms with van der Waals surface area (Å²) >= 11 is 0. The normalized spacial score (nSPS) is 9.79. The molecule has 0 spiro atoms. The molecular weight excluding hydrogens is 180 g/mol. The summed E-state index contributed by atoms with van der Waals surface area (Å²) in [5, 5.41) is 9.34. The van der Waals surface area contributed by atoms with E-state index in [1.54, 1.807) is 18.2 Å². The molecule has 3 heteroatoms. The molecule has 0 aliphatic rings. The number of hydrogen-bond acceptors (Lipinski definition) is 3. The van der Waals surface area contributed by atoms with E-state index in [1.165, 1.54) is 13.0 Å². The highest BCUT2D eigenvalue weighted by Crippen LogP contribution is 2.17. The van der Waals surface area contributed by atoms with Gasteiger partial charge in [0.25, 0.3) is 0 Å². The van der Waals surface area contributed by atoms with E-state index in [9.17, 15) is 14.7 Å². The van der Waals surface area contributed by atoms with Gasteiger partial charge in [-0.05, 0) is 19.1 Å². The molecule has 0 aromatic heterocycles. The number of ketones is 2. The van der Waals surface area contributed by atoms with Gasteiger partial charge in [0.05, 0.1) is 5.56 Å². The van der Waals surface area contributed by atoms with E-state index in [2.05, 4.69) is 0 Å². The number of aromatic hydroxyl groups is 1. The molecule has 0 bridgehead atoms. The highest BCUT2D eigenvalue weighted by Gasteiger charge is 2.10. The van der Waals surface area contributed by atoms with Crippen LogP contribution in [0.4, 0.5) is 0 Å². The summed E-state index contributed by atoms with van der Waals surface area (Å²) in [5.41, 5.74) is 0.286. The van der Waals surface area contributed by atoms with E-state index < -0.39 is 0 Å². The fourth-order valence-electron chi connectivity index (χ4n) is 1.13. The Morgan fingerprint density at radius 3 is 2.43 bits per heavy atom. The minimum absolute atomic E-state index is 0.0197. The van der Waals surface area contributed by atoms with Crippen molar-refractivity contribution in [3.05, 3.63) is 29.8 Å². The molecule has 14 heavy (non-hydrogen) atoms. The molecule has 0 aliphatic carbocycles. The van der Waals surface area contributed by atoms with Crippen LogP contribution in [0.5, 0.6) is 5.75 Å². The Hall–Kier alpha value is -1.64. The second-order valence-corrected chi connectivity index (χ2v) is 3.14. The van der Waals surface area contributed by atoms with E-state index in [0.717, 1.165) is 0 Å². The smallest absolute Gasteiger partial charge is 0.167 e. The van der Waals surface area contributed by atoms with E-state index in [1.807, 2.05) is 0 Å². The first-order valence-corrected chi connectivity index (χ1v) is 4.42. The summed E-state index contributed by atoms with van der Waals surface area (Å²) in [6, 6.07) is 6.34. The summed E-state index contributed by atoms with van der Waals surface area (Å²) in [6.45, 7) is 1.44. The number of phenols is 1. The van der Waals surface area contributed by atoms with Crippen molar-refractivity contribution in [2.24, 2.45) is 0 Å². The molecule has 0 atom stereocenters. The van der Waals surface area contributed by atoms with E-state index >= 15 is 0 Å². The van der Waals surface area contributed by atoms with Crippen molar-refractivity contribution in [1.82, 2.24) is 0 Å². The molecule has 0 fully saturated rings. The van der Waals surface area contributed by atoms with Crippen LogP contribution in [0.2, 0.25) is 0 Å². The summed E-state index contributed by atoms with van der Waals surface area (Å²) in [5.74, 6) is -0.242. The number of benzene rings is 1. The van der Waals surface area contributed by atoms with Gasteiger partial charge in [-0.15, -0.1) is 0 Å². The van der Waals surface area contributed by atoms with Crippen LogP contribution in [-0.4, -0.2) is 16.7 Å². The lowest BCUT2D eigenvalue weighted by Crippen LogP contribution is -2.02. The molecule has 1 rings (SSSR count). The maximum atomic E-state index is 11.5. The number of phenolic OH excluding ortho intramolecular Hbond substituents is 1. The van der Waals surface area contributed by atoms with Crippen LogP contribution in [0.15, 0.2) is 24.3 Å². The maximum Gasteiger partial charge on any atom is 0.167 e. The third-order valence-electron chi connectivity index (χ3n) is 1.91. The first kappa shape index (κ1) is 10.4. The molecule has 1 N–H and O–H groups in total. The molecule has 1 aromatic carbocycles. The van der Waals surface area contributed by atoms with Gasteiger partial charge in [-0.2, -0.15) is 0 Å². The maximum absolute atomic E-state index is 11.5. The van der Waals surface area contributed by atoms with Crippen molar-refractivity contribution < 1.29 is 14.7 Å². The standard InChI is InChI=1S/C11H12O3/c1-8(12)6-7-11(14)9-4-2-3-5-10(9)13/h2-5,13H,6-7H2,1H3. The topological polar surface area (TPSA) is 54.4 Å². The lowest BCUT2D eigenvalue weighted by molar-refractivity contribution is -0.116. The zero-order chi connectivity index (χ0) is 10.6. The van der Waals surface area contributed by atoms with Gasteiger partial charge in [0.15, 0.2) is 5.78 Å². The average Bonchev–Trinajstić information content (AvgIpc) is 2.15. The van der Waals surface area contributed by atoms with Gasteiger partial charge >= 0.3 is 0 Å². The zero-order valence-corrected chi connectivity index (χ0v) is 7.99. The average molecular weight is 192 g/mol. The van der Waals surface area contributed by atoms with Crippen LogP contribution in [0, 0.1) is 0 Å².